The van der Waals surface area contributed by atoms with Gasteiger partial charge in [0.05, 0.1) is 6.42 Å². The first kappa shape index (κ1) is 17.7. The Morgan fingerprint density at radius 3 is 2.42 bits per heavy atom. The second-order valence-corrected chi connectivity index (χ2v) is 6.26. The predicted octanol–water partition coefficient (Wildman–Crippen LogP) is 2.07. The highest BCUT2D eigenvalue weighted by Gasteiger charge is 2.33. The van der Waals surface area contributed by atoms with Crippen molar-refractivity contribution in [3.8, 4) is 0 Å². The van der Waals surface area contributed by atoms with Crippen LogP contribution in [0.25, 0.3) is 5.70 Å². The third-order valence-corrected chi connectivity index (χ3v) is 3.87. The molecule has 0 saturated carbocycles. The van der Waals surface area contributed by atoms with Crippen molar-refractivity contribution in [2.45, 2.75) is 20.3 Å². The second-order valence-electron chi connectivity index (χ2n) is 6.26. The summed E-state index contributed by atoms with van der Waals surface area (Å²) in [4.78, 5) is 38.7. The van der Waals surface area contributed by atoms with Crippen molar-refractivity contribution >= 4 is 23.5 Å². The fourth-order valence-electron chi connectivity index (χ4n) is 2.73. The summed E-state index contributed by atoms with van der Waals surface area (Å²) in [5.74, 6) is -1.26. The molecule has 1 N–H and O–H groups in total. The van der Waals surface area contributed by atoms with Crippen LogP contribution in [0.4, 0.5) is 0 Å². The van der Waals surface area contributed by atoms with Gasteiger partial charge in [0.2, 0.25) is 5.91 Å². The van der Waals surface area contributed by atoms with E-state index >= 15 is 0 Å². The van der Waals surface area contributed by atoms with E-state index < -0.39 is 5.97 Å². The highest BCUT2D eigenvalue weighted by molar-refractivity contribution is 6.10. The van der Waals surface area contributed by atoms with Gasteiger partial charge in [-0.1, -0.05) is 38.6 Å². The molecule has 24 heavy (non-hydrogen) atoms. The Morgan fingerprint density at radius 2 is 1.88 bits per heavy atom. The quantitative estimate of drug-likeness (QED) is 0.830. The van der Waals surface area contributed by atoms with Crippen molar-refractivity contribution in [3.63, 3.8) is 0 Å². The predicted molar refractivity (Wildman–Crippen MR) is 90.2 cm³/mol. The minimum Gasteiger partial charge on any atom is -0.481 e. The Balaban J connectivity index is 2.10. The third-order valence-electron chi connectivity index (χ3n) is 3.87. The summed E-state index contributed by atoms with van der Waals surface area (Å²) in [6.07, 6.45) is -0.117. The largest absolute Gasteiger partial charge is 0.481 e. The number of nitrogens with zero attached hydrogens (tertiary/aromatic N) is 2. The summed E-state index contributed by atoms with van der Waals surface area (Å²) in [6.45, 7) is 8.28. The van der Waals surface area contributed by atoms with E-state index in [1.807, 2.05) is 19.9 Å². The third kappa shape index (κ3) is 3.82. The molecule has 6 heteroatoms. The van der Waals surface area contributed by atoms with Crippen molar-refractivity contribution < 1.29 is 19.5 Å². The maximum Gasteiger partial charge on any atom is 0.305 e. The monoisotopic (exact) mass is 330 g/mol. The fourth-order valence-corrected chi connectivity index (χ4v) is 2.73. The van der Waals surface area contributed by atoms with E-state index in [0.29, 0.717) is 17.8 Å². The minimum atomic E-state index is -0.953. The number of rotatable bonds is 7. The lowest BCUT2D eigenvalue weighted by Crippen LogP contribution is -2.42. The van der Waals surface area contributed by atoms with Crippen molar-refractivity contribution in [2.75, 3.05) is 19.6 Å². The topological polar surface area (TPSA) is 77.9 Å². The standard InChI is InChI=1S/C18H22N2O4/c1-12(2)10-19(9-8-17(22)23)16(21)11-20-13(3)14-6-4-5-7-15(14)18(20)24/h4-7,12H,3,8-11H2,1-2H3,(H,22,23). The zero-order valence-corrected chi connectivity index (χ0v) is 14.0. The second kappa shape index (κ2) is 7.29. The van der Waals surface area contributed by atoms with Gasteiger partial charge in [-0.3, -0.25) is 19.3 Å². The Bertz CT molecular complexity index is 646. The molecular formula is C18H22N2O4. The molecule has 1 aromatic rings. The molecule has 1 heterocycles. The van der Waals surface area contributed by atoms with Gasteiger partial charge in [0.25, 0.3) is 5.91 Å². The van der Waals surface area contributed by atoms with Gasteiger partial charge in [-0.05, 0) is 12.0 Å². The highest BCUT2D eigenvalue weighted by Crippen LogP contribution is 2.30. The van der Waals surface area contributed by atoms with E-state index in [0.717, 1.165) is 5.56 Å². The van der Waals surface area contributed by atoms with Crippen LogP contribution in [0.3, 0.4) is 0 Å². The van der Waals surface area contributed by atoms with Gasteiger partial charge in [-0.15, -0.1) is 0 Å². The molecule has 0 fully saturated rings. The molecule has 6 nitrogen and oxygen atoms in total. The van der Waals surface area contributed by atoms with E-state index in [9.17, 15) is 14.4 Å². The molecule has 0 atom stereocenters. The number of carboxylic acid groups (broad SMARTS) is 1. The molecule has 0 saturated heterocycles. The van der Waals surface area contributed by atoms with Crippen LogP contribution in [0.1, 0.15) is 36.2 Å². The number of hydrogen-bond acceptors (Lipinski definition) is 3. The first-order valence-corrected chi connectivity index (χ1v) is 7.91. The van der Waals surface area contributed by atoms with Gasteiger partial charge in [-0.25, -0.2) is 0 Å². The van der Waals surface area contributed by atoms with Crippen LogP contribution < -0.4 is 0 Å². The van der Waals surface area contributed by atoms with Crippen LogP contribution >= 0.6 is 0 Å². The smallest absolute Gasteiger partial charge is 0.305 e. The first-order chi connectivity index (χ1) is 11.3. The van der Waals surface area contributed by atoms with Gasteiger partial charge >= 0.3 is 5.97 Å². The van der Waals surface area contributed by atoms with Gasteiger partial charge in [0.15, 0.2) is 0 Å². The minimum absolute atomic E-state index is 0.117. The lowest BCUT2D eigenvalue weighted by Gasteiger charge is -2.27. The molecule has 1 aliphatic heterocycles. The van der Waals surface area contributed by atoms with E-state index in [2.05, 4.69) is 6.58 Å². The van der Waals surface area contributed by atoms with E-state index in [1.54, 1.807) is 18.2 Å². The average molecular weight is 330 g/mol. The molecule has 0 radical (unpaired) electrons. The lowest BCUT2D eigenvalue weighted by molar-refractivity contribution is -0.138. The lowest BCUT2D eigenvalue weighted by atomic mass is 10.1. The normalized spacial score (nSPS) is 13.4. The molecule has 0 bridgehead atoms. The van der Waals surface area contributed by atoms with Gasteiger partial charge in [0, 0.05) is 29.9 Å². The molecular weight excluding hydrogens is 308 g/mol. The number of aliphatic carboxylic acids is 1. The maximum absolute atomic E-state index is 12.6. The molecule has 128 valence electrons. The Kier molecular flexibility index (Phi) is 5.39. The first-order valence-electron chi connectivity index (χ1n) is 7.91. The summed E-state index contributed by atoms with van der Waals surface area (Å²) >= 11 is 0. The molecule has 0 aliphatic carbocycles. The maximum atomic E-state index is 12.6. The molecule has 0 aromatic heterocycles. The highest BCUT2D eigenvalue weighted by atomic mass is 16.4. The number of carbonyl (C=O) groups excluding carboxylic acids is 2. The number of carbonyl (C=O) groups is 3. The van der Waals surface area contributed by atoms with Crippen LogP contribution in [0.5, 0.6) is 0 Å². The Labute approximate surface area is 141 Å². The Morgan fingerprint density at radius 1 is 1.25 bits per heavy atom. The molecule has 0 spiro atoms. The molecule has 0 unspecified atom stereocenters. The summed E-state index contributed by atoms with van der Waals surface area (Å²) in [5.41, 5.74) is 1.78. The van der Waals surface area contributed by atoms with Crippen LogP contribution in [-0.4, -0.2) is 52.3 Å². The number of hydrogen-bond donors (Lipinski definition) is 1. The SMILES string of the molecule is C=C1c2ccccc2C(=O)N1CC(=O)N(CCC(=O)O)CC(C)C. The van der Waals surface area contributed by atoms with E-state index in [-0.39, 0.29) is 37.2 Å². The summed E-state index contributed by atoms with van der Waals surface area (Å²) in [5, 5.41) is 8.85. The van der Waals surface area contributed by atoms with Gasteiger partial charge < -0.3 is 10.0 Å². The zero-order valence-electron chi connectivity index (χ0n) is 14.0. The number of amides is 2. The average Bonchev–Trinajstić information content (AvgIpc) is 2.76. The van der Waals surface area contributed by atoms with Gasteiger partial charge in [0.1, 0.15) is 6.54 Å². The Hall–Kier alpha value is -2.63. The summed E-state index contributed by atoms with van der Waals surface area (Å²) in [6, 6.07) is 7.10. The molecule has 1 aliphatic rings. The van der Waals surface area contributed by atoms with Crippen molar-refractivity contribution in [2.24, 2.45) is 5.92 Å². The van der Waals surface area contributed by atoms with Gasteiger partial charge in [-0.2, -0.15) is 0 Å². The van der Waals surface area contributed by atoms with Crippen LogP contribution in [0.2, 0.25) is 0 Å². The summed E-state index contributed by atoms with van der Waals surface area (Å²) < 4.78 is 0. The van der Waals surface area contributed by atoms with Crippen molar-refractivity contribution in [3.05, 3.63) is 42.0 Å². The number of fused-ring (bicyclic) bond motifs is 1. The van der Waals surface area contributed by atoms with Crippen LogP contribution in [0.15, 0.2) is 30.8 Å². The number of benzene rings is 1. The van der Waals surface area contributed by atoms with Crippen molar-refractivity contribution in [1.29, 1.82) is 0 Å². The van der Waals surface area contributed by atoms with Crippen LogP contribution in [0, 0.1) is 5.92 Å². The van der Waals surface area contributed by atoms with Crippen molar-refractivity contribution in [1.82, 2.24) is 9.80 Å². The fraction of sp³-hybridized carbons (Fsp3) is 0.389. The molecule has 1 aromatic carbocycles. The van der Waals surface area contributed by atoms with Crippen LogP contribution in [-0.2, 0) is 9.59 Å². The zero-order chi connectivity index (χ0) is 17.9. The molecule has 2 amide bonds. The summed E-state index contributed by atoms with van der Waals surface area (Å²) in [7, 11) is 0. The van der Waals surface area contributed by atoms with E-state index in [1.165, 1.54) is 9.80 Å². The molecule has 2 rings (SSSR count). The van der Waals surface area contributed by atoms with E-state index in [4.69, 9.17) is 5.11 Å². The number of carboxylic acids is 1.